The van der Waals surface area contributed by atoms with Gasteiger partial charge < -0.3 is 23.2 Å². The molecule has 0 aromatic carbocycles. The van der Waals surface area contributed by atoms with Gasteiger partial charge in [-0.25, -0.2) is 0 Å². The highest BCUT2D eigenvalue weighted by molar-refractivity contribution is 6.71. The maximum atomic E-state index is 12.1. The lowest BCUT2D eigenvalue weighted by molar-refractivity contribution is -0.135. The molecule has 0 fully saturated rings. The van der Waals surface area contributed by atoms with E-state index in [2.05, 4.69) is 69.6 Å². The van der Waals surface area contributed by atoms with Gasteiger partial charge in [0.1, 0.15) is 6.61 Å². The van der Waals surface area contributed by atoms with Crippen LogP contribution >= 0.6 is 0 Å². The quantitative estimate of drug-likeness (QED) is 0.0372. The van der Waals surface area contributed by atoms with E-state index in [9.17, 15) is 9.90 Å². The van der Waals surface area contributed by atoms with Crippen LogP contribution in [-0.2, 0) is 22.9 Å². The predicted molar refractivity (Wildman–Crippen MR) is 186 cm³/mol. The van der Waals surface area contributed by atoms with Gasteiger partial charge in [-0.15, -0.1) is 0 Å². The second-order valence-corrected chi connectivity index (χ2v) is 27.5. The molecule has 0 bridgehead atoms. The number of hydrogen-bond acceptors (Lipinski definition) is 7. The highest BCUT2D eigenvalue weighted by Crippen LogP contribution is 2.26. The third-order valence-electron chi connectivity index (χ3n) is 6.07. The number of nitrogens with zero attached hydrogens (tertiary/aromatic N) is 1. The van der Waals surface area contributed by atoms with Crippen molar-refractivity contribution in [2.24, 2.45) is 11.1 Å². The van der Waals surface area contributed by atoms with Gasteiger partial charge in [0.05, 0.1) is 18.3 Å². The summed E-state index contributed by atoms with van der Waals surface area (Å²) >= 11 is 0. The molecule has 0 aromatic heterocycles. The molecule has 10 heteroatoms. The van der Waals surface area contributed by atoms with Gasteiger partial charge >= 0.3 is 0 Å². The minimum Gasteiger partial charge on any atom is -0.520 e. The molecular weight excluding hydrogens is 579 g/mol. The topological polar surface area (TPSA) is 86.6 Å². The number of oxime groups is 1. The molecule has 0 aliphatic carbocycles. The van der Waals surface area contributed by atoms with E-state index in [1.807, 2.05) is 32.6 Å². The molecule has 42 heavy (non-hydrogen) atoms. The first kappa shape index (κ1) is 41.0. The molecule has 4 atom stereocenters. The number of carbonyl (C=O) groups is 1. The van der Waals surface area contributed by atoms with E-state index in [0.29, 0.717) is 25.9 Å². The van der Waals surface area contributed by atoms with Gasteiger partial charge in [0, 0.05) is 25.0 Å². The molecule has 0 heterocycles. The lowest BCUT2D eigenvalue weighted by Gasteiger charge is -2.33. The minimum absolute atomic E-state index is 0.00494. The van der Waals surface area contributed by atoms with Crippen LogP contribution in [0.3, 0.4) is 0 Å². The number of carbonyl (C=O) groups excluding carboxylic acids is 1. The minimum atomic E-state index is -1.92. The zero-order chi connectivity index (χ0) is 32.2. The fourth-order valence-electron chi connectivity index (χ4n) is 4.37. The Balaban J connectivity index is 5.77. The van der Waals surface area contributed by atoms with Crippen LogP contribution in [0, 0.1) is 5.92 Å². The molecule has 1 N–H and O–H groups in total. The standard InChI is InChI=1S/C32H65NO6Si3/c1-12-14-17-20-28(37-40(3,4)5)23-24-30(34)29(21-18-15-16-19-22-32(35)39-42(9,10)11)31(38-41(6,7)8)25-26-33-36-27-13-2/h15,18,23-24,26,28-31,34H,12-14,16-17,19-22,25,27H2,1-11H3/b18-15-,24-23+,33-26+/t28-,29+,30-,31-/m0/s1. The number of aliphatic hydroxyl groups excluding tert-OH is 1. The summed E-state index contributed by atoms with van der Waals surface area (Å²) < 4.78 is 18.6. The van der Waals surface area contributed by atoms with Crippen LogP contribution in [0.25, 0.3) is 0 Å². The molecule has 0 aromatic rings. The van der Waals surface area contributed by atoms with Gasteiger partial charge in [-0.3, -0.25) is 4.79 Å². The second-order valence-electron chi connectivity index (χ2n) is 14.1. The summed E-state index contributed by atoms with van der Waals surface area (Å²) in [7, 11) is -5.52. The van der Waals surface area contributed by atoms with Crippen molar-refractivity contribution in [3.8, 4) is 0 Å². The fraction of sp³-hybridized carbons (Fsp3) is 0.812. The molecule has 0 saturated carbocycles. The third kappa shape index (κ3) is 24.4. The lowest BCUT2D eigenvalue weighted by atomic mass is 9.89. The molecule has 246 valence electrons. The van der Waals surface area contributed by atoms with E-state index in [1.165, 1.54) is 12.8 Å². The zero-order valence-corrected chi connectivity index (χ0v) is 31.9. The average Bonchev–Trinajstić information content (AvgIpc) is 2.83. The second kappa shape index (κ2) is 21.6. The summed E-state index contributed by atoms with van der Waals surface area (Å²) in [4.78, 5) is 17.4. The summed E-state index contributed by atoms with van der Waals surface area (Å²) in [5.41, 5.74) is 0. The monoisotopic (exact) mass is 643 g/mol. The summed E-state index contributed by atoms with van der Waals surface area (Å²) in [5.74, 6) is -0.273. The summed E-state index contributed by atoms with van der Waals surface area (Å²) in [6.07, 6.45) is 17.6. The molecule has 0 aliphatic heterocycles. The van der Waals surface area contributed by atoms with Gasteiger partial charge in [0.15, 0.2) is 16.6 Å². The van der Waals surface area contributed by atoms with Gasteiger partial charge in [0.25, 0.3) is 5.97 Å². The number of unbranched alkanes of at least 4 members (excludes halogenated alkanes) is 3. The zero-order valence-electron chi connectivity index (χ0n) is 28.9. The summed E-state index contributed by atoms with van der Waals surface area (Å²) in [6.45, 7) is 24.0. The normalized spacial score (nSPS) is 16.3. The van der Waals surface area contributed by atoms with Gasteiger partial charge in [-0.05, 0) is 91.0 Å². The summed E-state index contributed by atoms with van der Waals surface area (Å²) in [6, 6.07) is 0. The number of allylic oxidation sites excluding steroid dienone is 2. The number of aliphatic hydroxyl groups is 1. The van der Waals surface area contributed by atoms with E-state index in [0.717, 1.165) is 32.1 Å². The van der Waals surface area contributed by atoms with Gasteiger partial charge in [-0.2, -0.15) is 0 Å². The van der Waals surface area contributed by atoms with Gasteiger partial charge in [0.2, 0.25) is 8.32 Å². The van der Waals surface area contributed by atoms with Crippen molar-refractivity contribution in [1.82, 2.24) is 0 Å². The van der Waals surface area contributed by atoms with Crippen molar-refractivity contribution in [3.05, 3.63) is 24.3 Å². The number of rotatable bonds is 24. The van der Waals surface area contributed by atoms with Crippen molar-refractivity contribution < 1.29 is 28.0 Å². The Morgan fingerprint density at radius 3 is 2.05 bits per heavy atom. The first-order valence-corrected chi connectivity index (χ1v) is 26.4. The average molecular weight is 644 g/mol. The molecule has 0 saturated heterocycles. The molecule has 0 rings (SSSR count). The Bertz CT molecular complexity index is 800. The largest absolute Gasteiger partial charge is 0.520 e. The molecule has 0 amide bonds. The molecule has 7 nitrogen and oxygen atoms in total. The van der Waals surface area contributed by atoms with E-state index >= 15 is 0 Å². The van der Waals surface area contributed by atoms with Crippen molar-refractivity contribution in [2.75, 3.05) is 6.61 Å². The van der Waals surface area contributed by atoms with Crippen LogP contribution in [0.4, 0.5) is 0 Å². The van der Waals surface area contributed by atoms with Gasteiger partial charge in [-0.1, -0.05) is 62.6 Å². The highest BCUT2D eigenvalue weighted by Gasteiger charge is 2.31. The van der Waals surface area contributed by atoms with Crippen LogP contribution < -0.4 is 0 Å². The van der Waals surface area contributed by atoms with E-state index in [-0.39, 0.29) is 24.1 Å². The molecule has 0 unspecified atom stereocenters. The molecule has 0 radical (unpaired) electrons. The van der Waals surface area contributed by atoms with Crippen LogP contribution in [0.2, 0.25) is 58.9 Å². The summed E-state index contributed by atoms with van der Waals surface area (Å²) in [5, 5.41) is 15.7. The Morgan fingerprint density at radius 2 is 1.48 bits per heavy atom. The SMILES string of the molecule is CCCCC[C@@H](/C=C/[C@H](O)[C@@H](C/C=C\CCCC(=O)O[Si](C)(C)C)[C@H](C/C=N/OCCC)O[Si](C)(C)C)O[Si](C)(C)C. The lowest BCUT2D eigenvalue weighted by Crippen LogP contribution is -2.40. The molecule has 0 spiro atoms. The first-order valence-electron chi connectivity index (χ1n) is 16.2. The van der Waals surface area contributed by atoms with Crippen LogP contribution in [-0.4, -0.2) is 67.2 Å². The smallest absolute Gasteiger partial charge is 0.292 e. The predicted octanol–water partition coefficient (Wildman–Crippen LogP) is 8.84. The van der Waals surface area contributed by atoms with Crippen molar-refractivity contribution in [2.45, 2.75) is 155 Å². The van der Waals surface area contributed by atoms with E-state index in [4.69, 9.17) is 18.1 Å². The van der Waals surface area contributed by atoms with Crippen LogP contribution in [0.1, 0.15) is 78.1 Å². The first-order chi connectivity index (χ1) is 19.5. The number of hydrogen-bond donors (Lipinski definition) is 1. The van der Waals surface area contributed by atoms with E-state index in [1.54, 1.807) is 6.21 Å². The Kier molecular flexibility index (Phi) is 21.1. The Labute approximate surface area is 261 Å². The highest BCUT2D eigenvalue weighted by atomic mass is 28.4. The van der Waals surface area contributed by atoms with Crippen molar-refractivity contribution in [3.63, 3.8) is 0 Å². The van der Waals surface area contributed by atoms with Crippen LogP contribution in [0.15, 0.2) is 29.5 Å². The third-order valence-corrected chi connectivity index (χ3v) is 8.93. The Morgan fingerprint density at radius 1 is 0.810 bits per heavy atom. The van der Waals surface area contributed by atoms with E-state index < -0.39 is 31.1 Å². The Hall–Kier alpha value is -1.05. The molecule has 0 aliphatic rings. The maximum Gasteiger partial charge on any atom is 0.292 e. The van der Waals surface area contributed by atoms with Crippen molar-refractivity contribution in [1.29, 1.82) is 0 Å². The maximum absolute atomic E-state index is 12.1. The van der Waals surface area contributed by atoms with Crippen LogP contribution in [0.5, 0.6) is 0 Å². The van der Waals surface area contributed by atoms with Crippen molar-refractivity contribution >= 4 is 37.1 Å². The molecular formula is C32H65NO6Si3. The fourth-order valence-corrected chi connectivity index (χ4v) is 7.44.